The molecule has 1 N–H and O–H groups in total. The van der Waals surface area contributed by atoms with E-state index in [-0.39, 0.29) is 0 Å². The van der Waals surface area contributed by atoms with Crippen molar-refractivity contribution in [3.63, 3.8) is 0 Å². The number of hydrogen-bond acceptors (Lipinski definition) is 4. The molecule has 5 nitrogen and oxygen atoms in total. The lowest BCUT2D eigenvalue weighted by Gasteiger charge is -2.04. The third kappa shape index (κ3) is 2.20. The van der Waals surface area contributed by atoms with Gasteiger partial charge in [-0.05, 0) is 18.9 Å². The predicted octanol–water partition coefficient (Wildman–Crippen LogP) is 2.32. The van der Waals surface area contributed by atoms with Gasteiger partial charge in [0.15, 0.2) is 0 Å². The number of nitrogens with one attached hydrogen (secondary N) is 1. The molecule has 2 heterocycles. The molecule has 1 fully saturated rings. The van der Waals surface area contributed by atoms with E-state index in [1.807, 2.05) is 22.9 Å². The molecule has 0 spiro atoms. The highest BCUT2D eigenvalue weighted by atomic mass is 16.3. The van der Waals surface area contributed by atoms with E-state index in [0.29, 0.717) is 12.6 Å². The molecule has 20 heavy (non-hydrogen) atoms. The van der Waals surface area contributed by atoms with E-state index in [1.165, 1.54) is 18.4 Å². The van der Waals surface area contributed by atoms with Crippen LogP contribution in [0.25, 0.3) is 11.0 Å². The van der Waals surface area contributed by atoms with Crippen molar-refractivity contribution in [2.24, 2.45) is 0 Å². The van der Waals surface area contributed by atoms with Gasteiger partial charge in [0.05, 0.1) is 13.1 Å². The average Bonchev–Trinajstić information content (AvgIpc) is 3.04. The van der Waals surface area contributed by atoms with E-state index in [4.69, 9.17) is 4.42 Å². The van der Waals surface area contributed by atoms with Crippen LogP contribution in [0.15, 0.2) is 41.3 Å². The molecule has 5 heteroatoms. The van der Waals surface area contributed by atoms with Crippen molar-refractivity contribution in [1.82, 2.24) is 20.1 Å². The Labute approximate surface area is 116 Å². The summed E-state index contributed by atoms with van der Waals surface area (Å²) in [5.74, 6) is 1.01. The summed E-state index contributed by atoms with van der Waals surface area (Å²) in [5, 5.41) is 8.87. The molecule has 3 aromatic rings. The molecular formula is C15H16N4O. The van der Waals surface area contributed by atoms with Crippen LogP contribution in [-0.2, 0) is 13.1 Å². The van der Waals surface area contributed by atoms with Gasteiger partial charge in [0.2, 0.25) is 0 Å². The highest BCUT2D eigenvalue weighted by Gasteiger charge is 2.22. The normalized spacial score (nSPS) is 15.0. The van der Waals surface area contributed by atoms with E-state index in [1.54, 1.807) is 12.7 Å². The summed E-state index contributed by atoms with van der Waals surface area (Å²) >= 11 is 0. The Morgan fingerprint density at radius 2 is 2.20 bits per heavy atom. The number of hydrogen-bond donors (Lipinski definition) is 1. The van der Waals surface area contributed by atoms with Crippen molar-refractivity contribution in [2.75, 3.05) is 0 Å². The van der Waals surface area contributed by atoms with Crippen LogP contribution in [0.1, 0.15) is 24.2 Å². The number of aromatic nitrogens is 3. The topological polar surface area (TPSA) is 55.9 Å². The third-order valence-corrected chi connectivity index (χ3v) is 3.70. The van der Waals surface area contributed by atoms with Crippen molar-refractivity contribution < 1.29 is 4.42 Å². The summed E-state index contributed by atoms with van der Waals surface area (Å²) in [6.45, 7) is 1.47. The number of rotatable bonds is 5. The second-order valence-corrected chi connectivity index (χ2v) is 5.25. The van der Waals surface area contributed by atoms with Gasteiger partial charge in [-0.15, -0.1) is 0 Å². The minimum atomic E-state index is 0.669. The number of para-hydroxylation sites is 1. The molecule has 1 saturated carbocycles. The molecule has 0 saturated heterocycles. The van der Waals surface area contributed by atoms with Gasteiger partial charge in [0.1, 0.15) is 24.0 Å². The summed E-state index contributed by atoms with van der Waals surface area (Å²) in [4.78, 5) is 4.00. The summed E-state index contributed by atoms with van der Waals surface area (Å²) in [6.07, 6.45) is 5.85. The Hall–Kier alpha value is -2.14. The van der Waals surface area contributed by atoms with Crippen molar-refractivity contribution in [3.05, 3.63) is 48.2 Å². The molecule has 0 aliphatic heterocycles. The minimum Gasteiger partial charge on any atom is -0.459 e. The summed E-state index contributed by atoms with van der Waals surface area (Å²) < 4.78 is 7.83. The van der Waals surface area contributed by atoms with Crippen molar-refractivity contribution in [2.45, 2.75) is 32.0 Å². The molecule has 1 aliphatic rings. The Bertz CT molecular complexity index is 713. The Balaban J connectivity index is 1.71. The first-order valence-electron chi connectivity index (χ1n) is 6.95. The number of benzene rings is 1. The van der Waals surface area contributed by atoms with E-state index in [2.05, 4.69) is 21.5 Å². The molecule has 0 unspecified atom stereocenters. The fourth-order valence-electron chi connectivity index (χ4n) is 2.47. The lowest BCUT2D eigenvalue weighted by atomic mass is 10.1. The highest BCUT2D eigenvalue weighted by molar-refractivity contribution is 5.82. The maximum atomic E-state index is 6.00. The van der Waals surface area contributed by atoms with Crippen molar-refractivity contribution >= 4 is 11.0 Å². The van der Waals surface area contributed by atoms with Gasteiger partial charge in [-0.25, -0.2) is 9.67 Å². The van der Waals surface area contributed by atoms with Gasteiger partial charge in [0, 0.05) is 17.0 Å². The smallest absolute Gasteiger partial charge is 0.137 e. The van der Waals surface area contributed by atoms with Crippen LogP contribution in [0.2, 0.25) is 0 Å². The Kier molecular flexibility index (Phi) is 2.77. The van der Waals surface area contributed by atoms with Gasteiger partial charge in [-0.3, -0.25) is 0 Å². The molecule has 0 radical (unpaired) electrons. The van der Waals surface area contributed by atoms with Crippen LogP contribution in [-0.4, -0.2) is 20.8 Å². The highest BCUT2D eigenvalue weighted by Crippen LogP contribution is 2.27. The monoisotopic (exact) mass is 268 g/mol. The molecule has 1 aromatic carbocycles. The van der Waals surface area contributed by atoms with Crippen LogP contribution in [0.5, 0.6) is 0 Å². The first-order chi connectivity index (χ1) is 9.90. The predicted molar refractivity (Wildman–Crippen MR) is 75.2 cm³/mol. The summed E-state index contributed by atoms with van der Waals surface area (Å²) in [5.41, 5.74) is 2.13. The van der Waals surface area contributed by atoms with Gasteiger partial charge in [-0.2, -0.15) is 5.10 Å². The SMILES string of the molecule is c1ccc2c(Cn3cncn3)c(CNC3CC3)oc2c1. The zero-order valence-electron chi connectivity index (χ0n) is 11.1. The zero-order valence-corrected chi connectivity index (χ0v) is 11.1. The molecule has 0 amide bonds. The molecule has 1 aliphatic carbocycles. The largest absolute Gasteiger partial charge is 0.459 e. The molecular weight excluding hydrogens is 252 g/mol. The van der Waals surface area contributed by atoms with Crippen LogP contribution < -0.4 is 5.32 Å². The molecule has 4 rings (SSSR count). The first-order valence-corrected chi connectivity index (χ1v) is 6.95. The Morgan fingerprint density at radius 3 is 3.00 bits per heavy atom. The lowest BCUT2D eigenvalue weighted by molar-refractivity contribution is 0.501. The number of furan rings is 1. The molecule has 102 valence electrons. The fourth-order valence-corrected chi connectivity index (χ4v) is 2.47. The fraction of sp³-hybridized carbons (Fsp3) is 0.333. The number of fused-ring (bicyclic) bond motifs is 1. The standard InChI is InChI=1S/C15H16N4O/c1-2-4-14-12(3-1)13(8-19-10-16-9-18-19)15(20-14)7-17-11-5-6-11/h1-4,9-11,17H,5-8H2. The second-order valence-electron chi connectivity index (χ2n) is 5.25. The maximum Gasteiger partial charge on any atom is 0.137 e. The van der Waals surface area contributed by atoms with E-state index < -0.39 is 0 Å². The summed E-state index contributed by atoms with van der Waals surface area (Å²) in [7, 11) is 0. The van der Waals surface area contributed by atoms with Crippen LogP contribution in [0.3, 0.4) is 0 Å². The molecule has 0 atom stereocenters. The van der Waals surface area contributed by atoms with Gasteiger partial charge < -0.3 is 9.73 Å². The van der Waals surface area contributed by atoms with E-state index in [9.17, 15) is 0 Å². The minimum absolute atomic E-state index is 0.669. The first kappa shape index (κ1) is 11.7. The average molecular weight is 268 g/mol. The lowest BCUT2D eigenvalue weighted by Crippen LogP contribution is -2.16. The van der Waals surface area contributed by atoms with Crippen molar-refractivity contribution in [3.8, 4) is 0 Å². The number of nitrogens with zero attached hydrogens (tertiary/aromatic N) is 3. The second kappa shape index (κ2) is 4.76. The van der Waals surface area contributed by atoms with Gasteiger partial charge >= 0.3 is 0 Å². The quantitative estimate of drug-likeness (QED) is 0.771. The molecule has 0 bridgehead atoms. The summed E-state index contributed by atoms with van der Waals surface area (Å²) in [6, 6.07) is 8.83. The van der Waals surface area contributed by atoms with Crippen molar-refractivity contribution in [1.29, 1.82) is 0 Å². The molecule has 2 aromatic heterocycles. The van der Waals surface area contributed by atoms with Gasteiger partial charge in [-0.1, -0.05) is 18.2 Å². The van der Waals surface area contributed by atoms with E-state index in [0.717, 1.165) is 23.3 Å². The van der Waals surface area contributed by atoms with E-state index >= 15 is 0 Å². The van der Waals surface area contributed by atoms with Crippen LogP contribution in [0, 0.1) is 0 Å². The third-order valence-electron chi connectivity index (χ3n) is 3.70. The van der Waals surface area contributed by atoms with Crippen LogP contribution >= 0.6 is 0 Å². The Morgan fingerprint density at radius 1 is 1.30 bits per heavy atom. The zero-order chi connectivity index (χ0) is 13.4. The van der Waals surface area contributed by atoms with Crippen LogP contribution in [0.4, 0.5) is 0 Å². The van der Waals surface area contributed by atoms with Gasteiger partial charge in [0.25, 0.3) is 0 Å². The maximum absolute atomic E-state index is 6.00.